The second-order valence-electron chi connectivity index (χ2n) is 6.67. The highest BCUT2D eigenvalue weighted by Crippen LogP contribution is 2.27. The van der Waals surface area contributed by atoms with Gasteiger partial charge in [-0.3, -0.25) is 0 Å². The molecule has 2 rings (SSSR count). The van der Waals surface area contributed by atoms with Crippen LogP contribution in [0.1, 0.15) is 38.3 Å². The predicted octanol–water partition coefficient (Wildman–Crippen LogP) is 0.982. The van der Waals surface area contributed by atoms with Crippen LogP contribution in [0.5, 0.6) is 0 Å². The van der Waals surface area contributed by atoms with Crippen molar-refractivity contribution in [2.45, 2.75) is 38.2 Å². The van der Waals surface area contributed by atoms with E-state index >= 15 is 0 Å². The smallest absolute Gasteiger partial charge is 0.224 e. The van der Waals surface area contributed by atoms with Gasteiger partial charge in [-0.2, -0.15) is 4.98 Å². The van der Waals surface area contributed by atoms with Crippen LogP contribution in [0.2, 0.25) is 0 Å². The van der Waals surface area contributed by atoms with Crippen molar-refractivity contribution in [3.8, 4) is 0 Å². The molecule has 130 valence electrons. The molecule has 0 aliphatic carbocycles. The maximum Gasteiger partial charge on any atom is 0.224 e. The Morgan fingerprint density at radius 1 is 1.43 bits per heavy atom. The molecule has 2 heterocycles. The lowest BCUT2D eigenvalue weighted by molar-refractivity contribution is 0.0733. The lowest BCUT2D eigenvalue weighted by atomic mass is 10.0. The highest BCUT2D eigenvalue weighted by molar-refractivity contribution is 5.45. The van der Waals surface area contributed by atoms with Crippen LogP contribution in [0.25, 0.3) is 0 Å². The van der Waals surface area contributed by atoms with Crippen molar-refractivity contribution in [1.82, 2.24) is 9.97 Å². The zero-order valence-corrected chi connectivity index (χ0v) is 14.2. The number of aliphatic hydroxyl groups excluding tert-OH is 1. The molecule has 0 spiro atoms. The van der Waals surface area contributed by atoms with E-state index in [1.165, 1.54) is 0 Å². The van der Waals surface area contributed by atoms with Gasteiger partial charge in [0, 0.05) is 38.7 Å². The topological polar surface area (TPSA) is 90.7 Å². The molecule has 23 heavy (non-hydrogen) atoms. The van der Waals surface area contributed by atoms with Crippen molar-refractivity contribution in [2.24, 2.45) is 0 Å². The zero-order chi connectivity index (χ0) is 16.9. The van der Waals surface area contributed by atoms with E-state index in [2.05, 4.69) is 15.3 Å². The number of hydrogen-bond donors (Lipinski definition) is 3. The molecule has 1 saturated heterocycles. The number of aromatic nitrogens is 2. The molecule has 1 unspecified atom stereocenters. The monoisotopic (exact) mass is 324 g/mol. The van der Waals surface area contributed by atoms with E-state index < -0.39 is 5.60 Å². The van der Waals surface area contributed by atoms with E-state index in [9.17, 15) is 5.11 Å². The number of aliphatic hydroxyl groups is 2. The van der Waals surface area contributed by atoms with Crippen molar-refractivity contribution < 1.29 is 14.9 Å². The van der Waals surface area contributed by atoms with Crippen LogP contribution in [-0.2, 0) is 4.74 Å². The first-order chi connectivity index (χ1) is 10.9. The van der Waals surface area contributed by atoms with Gasteiger partial charge in [0.05, 0.1) is 24.5 Å². The van der Waals surface area contributed by atoms with Gasteiger partial charge in [0.2, 0.25) is 5.95 Å². The Bertz CT molecular complexity index is 499. The van der Waals surface area contributed by atoms with Crippen molar-refractivity contribution in [3.63, 3.8) is 0 Å². The number of ether oxygens (including phenoxy) is 1. The molecular weight excluding hydrogens is 296 g/mol. The standard InChI is InChI=1S/C16H28N4O3/c1-16(2,22)5-7-20(3)14-10-13(12-4-9-23-11-12)18-15(19-14)17-6-8-21/h10,12,21-22H,4-9,11H2,1-3H3,(H,17,18,19). The summed E-state index contributed by atoms with van der Waals surface area (Å²) in [5.74, 6) is 1.62. The highest BCUT2D eigenvalue weighted by Gasteiger charge is 2.22. The Hall–Kier alpha value is -1.44. The Balaban J connectivity index is 2.16. The van der Waals surface area contributed by atoms with E-state index in [4.69, 9.17) is 9.84 Å². The lowest BCUT2D eigenvalue weighted by Gasteiger charge is -2.24. The van der Waals surface area contributed by atoms with Gasteiger partial charge in [-0.1, -0.05) is 0 Å². The number of anilines is 2. The summed E-state index contributed by atoms with van der Waals surface area (Å²) in [4.78, 5) is 11.1. The summed E-state index contributed by atoms with van der Waals surface area (Å²) in [6.07, 6.45) is 1.61. The number of nitrogens with zero attached hydrogens (tertiary/aromatic N) is 3. The molecular formula is C16H28N4O3. The average molecular weight is 324 g/mol. The van der Waals surface area contributed by atoms with Crippen molar-refractivity contribution in [2.75, 3.05) is 50.2 Å². The molecule has 1 aromatic heterocycles. The van der Waals surface area contributed by atoms with E-state index in [1.54, 1.807) is 13.8 Å². The Morgan fingerprint density at radius 3 is 2.83 bits per heavy atom. The average Bonchev–Trinajstić information content (AvgIpc) is 3.04. The first-order valence-corrected chi connectivity index (χ1v) is 8.14. The molecule has 0 saturated carbocycles. The van der Waals surface area contributed by atoms with Gasteiger partial charge < -0.3 is 25.2 Å². The van der Waals surface area contributed by atoms with Gasteiger partial charge in [0.25, 0.3) is 0 Å². The van der Waals surface area contributed by atoms with Gasteiger partial charge >= 0.3 is 0 Å². The van der Waals surface area contributed by atoms with Crippen molar-refractivity contribution in [3.05, 3.63) is 11.8 Å². The number of rotatable bonds is 8. The molecule has 1 atom stereocenters. The Labute approximate surface area is 137 Å². The first kappa shape index (κ1) is 17.9. The molecule has 1 aliphatic heterocycles. The third-order valence-corrected chi connectivity index (χ3v) is 3.93. The maximum absolute atomic E-state index is 9.90. The van der Waals surface area contributed by atoms with Gasteiger partial charge in [0.1, 0.15) is 5.82 Å². The van der Waals surface area contributed by atoms with E-state index in [1.807, 2.05) is 18.0 Å². The second-order valence-corrected chi connectivity index (χ2v) is 6.67. The zero-order valence-electron chi connectivity index (χ0n) is 14.2. The number of hydrogen-bond acceptors (Lipinski definition) is 7. The Morgan fingerprint density at radius 2 is 2.22 bits per heavy atom. The summed E-state index contributed by atoms with van der Waals surface area (Å²) in [7, 11) is 1.96. The third-order valence-electron chi connectivity index (χ3n) is 3.93. The molecule has 0 amide bonds. The fourth-order valence-corrected chi connectivity index (χ4v) is 2.43. The molecule has 1 aromatic rings. The molecule has 0 radical (unpaired) electrons. The minimum absolute atomic E-state index is 0.0317. The molecule has 1 aliphatic rings. The molecule has 1 fully saturated rings. The summed E-state index contributed by atoms with van der Waals surface area (Å²) in [6.45, 7) is 6.19. The third kappa shape index (κ3) is 5.60. The van der Waals surface area contributed by atoms with Crippen LogP contribution in [0.15, 0.2) is 6.07 Å². The van der Waals surface area contributed by atoms with Crippen molar-refractivity contribution in [1.29, 1.82) is 0 Å². The normalized spacial score (nSPS) is 18.2. The van der Waals surface area contributed by atoms with E-state index in [-0.39, 0.29) is 12.5 Å². The summed E-state index contributed by atoms with van der Waals surface area (Å²) < 4.78 is 5.46. The van der Waals surface area contributed by atoms with Crippen LogP contribution in [0.3, 0.4) is 0 Å². The van der Waals surface area contributed by atoms with Crippen LogP contribution in [-0.4, -0.2) is 65.7 Å². The fraction of sp³-hybridized carbons (Fsp3) is 0.750. The summed E-state index contributed by atoms with van der Waals surface area (Å²) in [5.41, 5.74) is 0.254. The van der Waals surface area contributed by atoms with Crippen LogP contribution in [0.4, 0.5) is 11.8 Å². The van der Waals surface area contributed by atoms with Crippen LogP contribution in [0, 0.1) is 0 Å². The van der Waals surface area contributed by atoms with Gasteiger partial charge in [0.15, 0.2) is 0 Å². The SMILES string of the molecule is CN(CCC(C)(C)O)c1cc(C2CCOC2)nc(NCCO)n1. The minimum Gasteiger partial charge on any atom is -0.395 e. The first-order valence-electron chi connectivity index (χ1n) is 8.14. The minimum atomic E-state index is -0.707. The predicted molar refractivity (Wildman–Crippen MR) is 90.0 cm³/mol. The quantitative estimate of drug-likeness (QED) is 0.656. The van der Waals surface area contributed by atoms with Crippen LogP contribution >= 0.6 is 0 Å². The number of nitrogens with one attached hydrogen (secondary N) is 1. The maximum atomic E-state index is 9.90. The van der Waals surface area contributed by atoms with Gasteiger partial charge in [-0.25, -0.2) is 4.98 Å². The lowest BCUT2D eigenvalue weighted by Crippen LogP contribution is -2.29. The Kier molecular flexibility index (Phi) is 6.15. The summed E-state index contributed by atoms with van der Waals surface area (Å²) in [6, 6.07) is 1.99. The van der Waals surface area contributed by atoms with E-state index in [0.29, 0.717) is 32.1 Å². The molecule has 7 nitrogen and oxygen atoms in total. The molecule has 3 N–H and O–H groups in total. The van der Waals surface area contributed by atoms with Crippen LogP contribution < -0.4 is 10.2 Å². The van der Waals surface area contributed by atoms with Gasteiger partial charge in [-0.15, -0.1) is 0 Å². The van der Waals surface area contributed by atoms with Crippen molar-refractivity contribution >= 4 is 11.8 Å². The second kappa shape index (κ2) is 7.90. The highest BCUT2D eigenvalue weighted by atomic mass is 16.5. The molecule has 0 bridgehead atoms. The largest absolute Gasteiger partial charge is 0.395 e. The molecule has 7 heteroatoms. The van der Waals surface area contributed by atoms with E-state index in [0.717, 1.165) is 24.5 Å². The summed E-state index contributed by atoms with van der Waals surface area (Å²) >= 11 is 0. The van der Waals surface area contributed by atoms with Gasteiger partial charge in [-0.05, 0) is 26.7 Å². The fourth-order valence-electron chi connectivity index (χ4n) is 2.43. The molecule has 0 aromatic carbocycles. The summed E-state index contributed by atoms with van der Waals surface area (Å²) in [5, 5.41) is 21.9.